The van der Waals surface area contributed by atoms with Gasteiger partial charge in [-0.2, -0.15) is 0 Å². The summed E-state index contributed by atoms with van der Waals surface area (Å²) >= 11 is 0. The maximum atomic E-state index is 11.7. The summed E-state index contributed by atoms with van der Waals surface area (Å²) in [6, 6.07) is 0. The van der Waals surface area contributed by atoms with Gasteiger partial charge in [0.15, 0.2) is 0 Å². The molecule has 0 unspecified atom stereocenters. The molecule has 0 aromatic heterocycles. The van der Waals surface area contributed by atoms with Crippen LogP contribution in [-0.2, 0) is 14.8 Å². The van der Waals surface area contributed by atoms with Crippen molar-refractivity contribution in [3.63, 3.8) is 0 Å². The van der Waals surface area contributed by atoms with Crippen LogP contribution in [-0.4, -0.2) is 32.1 Å². The van der Waals surface area contributed by atoms with E-state index >= 15 is 0 Å². The Morgan fingerprint density at radius 3 is 1.86 bits per heavy atom. The van der Waals surface area contributed by atoms with Crippen LogP contribution in [0.1, 0.15) is 78.1 Å². The Hall–Kier alpha value is -0.620. The van der Waals surface area contributed by atoms with E-state index in [0.717, 1.165) is 24.3 Å². The van der Waals surface area contributed by atoms with Crippen molar-refractivity contribution >= 4 is 15.9 Å². The van der Waals surface area contributed by atoms with Gasteiger partial charge in [0, 0.05) is 13.5 Å². The first-order valence-corrected chi connectivity index (χ1v) is 9.84. The third-order valence-corrected chi connectivity index (χ3v) is 4.84. The molecule has 0 aliphatic rings. The number of hydrogen-bond acceptors (Lipinski definition) is 3. The minimum absolute atomic E-state index is 0.0251. The Labute approximate surface area is 130 Å². The molecule has 0 spiro atoms. The number of amides is 1. The maximum absolute atomic E-state index is 11.7. The normalized spacial score (nSPS) is 11.6. The number of hydrazine groups is 1. The summed E-state index contributed by atoms with van der Waals surface area (Å²) in [5.74, 6) is -0.196. The van der Waals surface area contributed by atoms with Gasteiger partial charge in [0.05, 0.1) is 5.75 Å². The molecule has 0 atom stereocenters. The van der Waals surface area contributed by atoms with Crippen molar-refractivity contribution in [2.24, 2.45) is 0 Å². The number of hydrogen-bond donors (Lipinski definition) is 1. The third kappa shape index (κ3) is 11.7. The Morgan fingerprint density at radius 2 is 1.38 bits per heavy atom. The zero-order valence-corrected chi connectivity index (χ0v) is 14.7. The Balaban J connectivity index is 3.57. The Bertz CT molecular complexity index is 369. The molecular formula is C15H32N2O3S. The highest BCUT2D eigenvalue weighted by atomic mass is 32.2. The van der Waals surface area contributed by atoms with Crippen LogP contribution in [0.25, 0.3) is 0 Å². The van der Waals surface area contributed by atoms with Gasteiger partial charge in [-0.1, -0.05) is 58.3 Å². The van der Waals surface area contributed by atoms with E-state index in [9.17, 15) is 13.2 Å². The quantitative estimate of drug-likeness (QED) is 0.418. The van der Waals surface area contributed by atoms with Gasteiger partial charge < -0.3 is 0 Å². The van der Waals surface area contributed by atoms with Gasteiger partial charge in [0.25, 0.3) is 0 Å². The summed E-state index contributed by atoms with van der Waals surface area (Å²) in [4.78, 5) is 14.0. The van der Waals surface area contributed by atoms with Crippen LogP contribution in [0.5, 0.6) is 0 Å². The summed E-state index contributed by atoms with van der Waals surface area (Å²) in [6.07, 6.45) is 11.2. The number of unbranched alkanes of at least 4 members (excludes halogenated alkanes) is 8. The first-order chi connectivity index (χ1) is 9.93. The molecule has 1 N–H and O–H groups in total. The van der Waals surface area contributed by atoms with E-state index in [4.69, 9.17) is 0 Å². The molecule has 0 aliphatic heterocycles. The van der Waals surface area contributed by atoms with Crippen LogP contribution in [0.3, 0.4) is 0 Å². The first kappa shape index (κ1) is 20.4. The molecule has 0 saturated carbocycles. The van der Waals surface area contributed by atoms with Crippen LogP contribution in [0, 0.1) is 0 Å². The molecule has 0 rings (SSSR count). The van der Waals surface area contributed by atoms with Crippen LogP contribution in [0.15, 0.2) is 0 Å². The molecule has 1 amide bonds. The van der Waals surface area contributed by atoms with Crippen molar-refractivity contribution in [3.05, 3.63) is 0 Å². The molecule has 0 radical (unpaired) electrons. The molecule has 0 saturated heterocycles. The average molecular weight is 320 g/mol. The number of sulfonamides is 1. The molecule has 126 valence electrons. The van der Waals surface area contributed by atoms with Crippen molar-refractivity contribution in [3.8, 4) is 0 Å². The van der Waals surface area contributed by atoms with Crippen molar-refractivity contribution < 1.29 is 13.2 Å². The van der Waals surface area contributed by atoms with Gasteiger partial charge in [-0.25, -0.2) is 8.42 Å². The highest BCUT2D eigenvalue weighted by Crippen LogP contribution is 2.10. The van der Waals surface area contributed by atoms with E-state index in [0.29, 0.717) is 6.42 Å². The third-order valence-electron chi connectivity index (χ3n) is 3.52. The lowest BCUT2D eigenvalue weighted by Crippen LogP contribution is -2.43. The SMILES string of the molecule is CCCCCCCCCCCC(=O)N(C)NS(=O)(=O)CC. The second-order valence-electron chi connectivity index (χ2n) is 5.53. The monoisotopic (exact) mass is 320 g/mol. The summed E-state index contributed by atoms with van der Waals surface area (Å²) in [6.45, 7) is 3.76. The van der Waals surface area contributed by atoms with Crippen molar-refractivity contribution in [2.45, 2.75) is 78.1 Å². The zero-order valence-electron chi connectivity index (χ0n) is 13.9. The standard InChI is InChI=1S/C15H32N2O3S/c1-4-6-7-8-9-10-11-12-13-14-15(18)17(3)16-21(19,20)5-2/h16H,4-14H2,1-3H3. The van der Waals surface area contributed by atoms with Gasteiger partial charge in [0.1, 0.15) is 0 Å². The smallest absolute Gasteiger partial charge is 0.237 e. The average Bonchev–Trinajstić information content (AvgIpc) is 2.44. The fourth-order valence-electron chi connectivity index (χ4n) is 2.08. The van der Waals surface area contributed by atoms with Crippen molar-refractivity contribution in [1.29, 1.82) is 0 Å². The lowest BCUT2D eigenvalue weighted by molar-refractivity contribution is -0.131. The topological polar surface area (TPSA) is 66.5 Å². The number of carbonyl (C=O) groups is 1. The van der Waals surface area contributed by atoms with Gasteiger partial charge in [0.2, 0.25) is 15.9 Å². The molecule has 0 aromatic rings. The fourth-order valence-corrected chi connectivity index (χ4v) is 2.73. The predicted molar refractivity (Wildman–Crippen MR) is 87.2 cm³/mol. The number of nitrogens with zero attached hydrogens (tertiary/aromatic N) is 1. The van der Waals surface area contributed by atoms with Gasteiger partial charge >= 0.3 is 0 Å². The molecule has 0 aliphatic carbocycles. The molecule has 21 heavy (non-hydrogen) atoms. The molecule has 6 heteroatoms. The highest BCUT2D eigenvalue weighted by Gasteiger charge is 2.14. The number of rotatable bonds is 13. The molecule has 5 nitrogen and oxygen atoms in total. The fraction of sp³-hybridized carbons (Fsp3) is 0.933. The maximum Gasteiger partial charge on any atom is 0.237 e. The molecule has 0 heterocycles. The number of nitrogens with one attached hydrogen (secondary N) is 1. The van der Waals surface area contributed by atoms with Crippen LogP contribution in [0.2, 0.25) is 0 Å². The lowest BCUT2D eigenvalue weighted by Gasteiger charge is -2.17. The van der Waals surface area contributed by atoms with Gasteiger partial charge in [-0.05, 0) is 13.3 Å². The van der Waals surface area contributed by atoms with Crippen LogP contribution >= 0.6 is 0 Å². The van der Waals surface area contributed by atoms with Crippen molar-refractivity contribution in [2.75, 3.05) is 12.8 Å². The second-order valence-corrected chi connectivity index (χ2v) is 7.52. The van der Waals surface area contributed by atoms with E-state index in [1.807, 2.05) is 0 Å². The van der Waals surface area contributed by atoms with E-state index in [1.54, 1.807) is 6.92 Å². The molecule has 0 bridgehead atoms. The van der Waals surface area contributed by atoms with Crippen LogP contribution in [0.4, 0.5) is 0 Å². The van der Waals surface area contributed by atoms with E-state index in [-0.39, 0.29) is 11.7 Å². The predicted octanol–water partition coefficient (Wildman–Crippen LogP) is 3.22. The largest absolute Gasteiger partial charge is 0.273 e. The first-order valence-electron chi connectivity index (χ1n) is 8.19. The molecule has 0 aromatic carbocycles. The number of carbonyl (C=O) groups excluding carboxylic acids is 1. The van der Waals surface area contributed by atoms with Gasteiger partial charge in [-0.15, -0.1) is 4.83 Å². The van der Waals surface area contributed by atoms with Gasteiger partial charge in [-0.3, -0.25) is 9.80 Å². The summed E-state index contributed by atoms with van der Waals surface area (Å²) in [7, 11) is -1.90. The molecular weight excluding hydrogens is 288 g/mol. The Morgan fingerprint density at radius 1 is 0.905 bits per heavy atom. The van der Waals surface area contributed by atoms with Crippen molar-refractivity contribution in [1.82, 2.24) is 9.84 Å². The van der Waals surface area contributed by atoms with E-state index in [1.165, 1.54) is 45.6 Å². The van der Waals surface area contributed by atoms with E-state index < -0.39 is 10.0 Å². The van der Waals surface area contributed by atoms with E-state index in [2.05, 4.69) is 11.8 Å². The Kier molecular flexibility index (Phi) is 11.6. The zero-order chi connectivity index (χ0) is 16.1. The van der Waals surface area contributed by atoms with Crippen LogP contribution < -0.4 is 4.83 Å². The minimum atomic E-state index is -3.36. The summed E-state index contributed by atoms with van der Waals surface area (Å²) < 4.78 is 22.7. The molecule has 0 fully saturated rings. The lowest BCUT2D eigenvalue weighted by atomic mass is 10.1. The second kappa shape index (κ2) is 12.0. The minimum Gasteiger partial charge on any atom is -0.273 e. The summed E-state index contributed by atoms with van der Waals surface area (Å²) in [5.41, 5.74) is 0. The summed E-state index contributed by atoms with van der Waals surface area (Å²) in [5, 5.41) is 1.09. The highest BCUT2D eigenvalue weighted by molar-refractivity contribution is 7.89.